The molecule has 0 amide bonds. The topological polar surface area (TPSA) is 15.7 Å². The zero-order chi connectivity index (χ0) is 42.4. The molecule has 0 unspecified atom stereocenters. The molecule has 0 saturated carbocycles. The summed E-state index contributed by atoms with van der Waals surface area (Å²) in [6, 6.07) is 89.4. The van der Waals surface area contributed by atoms with Crippen molar-refractivity contribution >= 4 is 57.2 Å². The van der Waals surface area contributed by atoms with E-state index in [1.54, 1.807) is 0 Å². The van der Waals surface area contributed by atoms with Crippen LogP contribution in [0.3, 0.4) is 0 Å². The average Bonchev–Trinajstić information content (AvgIpc) is 3.37. The van der Waals surface area contributed by atoms with Crippen molar-refractivity contribution in [3.05, 3.63) is 249 Å². The SMILES string of the molecule is c1ccc(Oc2cc3c4c(c2)N(c2c(-c5ccccc5)cccc2-c2ccccc2)c2ccccc2B4c2ccccc2N3c2c(-c3ccccc3)cccc2-c2ccccc2)cc1. The van der Waals surface area contributed by atoms with Crippen molar-refractivity contribution in [1.29, 1.82) is 0 Å². The van der Waals surface area contributed by atoms with E-state index in [-0.39, 0.29) is 6.71 Å². The van der Waals surface area contributed by atoms with E-state index in [4.69, 9.17) is 4.74 Å². The normalized spacial score (nSPS) is 12.3. The first-order chi connectivity index (χ1) is 31.8. The third kappa shape index (κ3) is 6.30. The number of hydrogen-bond donors (Lipinski definition) is 0. The standard InChI is InChI=1S/C60H41BN2O/c1-6-22-42(23-7-1)48-32-20-33-49(43-24-8-2-9-25-43)59(48)62-54-38-18-16-36-52(54)61-53-37-17-19-39-55(53)63(57-41-47(40-56(62)58(57)61)64-46-30-14-5-15-31-46)60-50(44-26-10-3-11-27-44)34-21-35-51(60)45-28-12-4-13-29-45/h1-41H. The molecule has 0 atom stereocenters. The van der Waals surface area contributed by atoms with Gasteiger partial charge in [-0.3, -0.25) is 0 Å². The number of hydrogen-bond acceptors (Lipinski definition) is 3. The molecule has 0 bridgehead atoms. The van der Waals surface area contributed by atoms with Gasteiger partial charge in [0.15, 0.2) is 0 Å². The predicted octanol–water partition coefficient (Wildman–Crippen LogP) is 14.2. The second-order valence-corrected chi connectivity index (χ2v) is 16.4. The van der Waals surface area contributed by atoms with Gasteiger partial charge < -0.3 is 14.5 Å². The van der Waals surface area contributed by atoms with Crippen LogP contribution in [0.15, 0.2) is 249 Å². The van der Waals surface area contributed by atoms with Crippen molar-refractivity contribution < 1.29 is 4.74 Å². The van der Waals surface area contributed by atoms with Gasteiger partial charge in [0.05, 0.1) is 11.4 Å². The minimum Gasteiger partial charge on any atom is -0.457 e. The minimum atomic E-state index is -0.0659. The van der Waals surface area contributed by atoms with Gasteiger partial charge in [-0.1, -0.05) is 212 Å². The van der Waals surface area contributed by atoms with Crippen LogP contribution in [0.5, 0.6) is 11.5 Å². The molecule has 0 saturated heterocycles. The van der Waals surface area contributed by atoms with Crippen molar-refractivity contribution in [3.8, 4) is 56.0 Å². The molecule has 2 aliphatic rings. The largest absolute Gasteiger partial charge is 0.457 e. The Hall–Kier alpha value is -8.34. The molecule has 10 aromatic rings. The van der Waals surface area contributed by atoms with Crippen molar-refractivity contribution in [1.82, 2.24) is 0 Å². The molecular formula is C60H41BN2O. The molecule has 10 aromatic carbocycles. The highest BCUT2D eigenvalue weighted by molar-refractivity contribution is 7.00. The average molecular weight is 817 g/mol. The number of nitrogens with zero attached hydrogens (tertiary/aromatic N) is 2. The minimum absolute atomic E-state index is 0.0659. The molecule has 0 aliphatic carbocycles. The van der Waals surface area contributed by atoms with Gasteiger partial charge in [0, 0.05) is 57.1 Å². The Bertz CT molecular complexity index is 2990. The van der Waals surface area contributed by atoms with Crippen LogP contribution in [0.2, 0.25) is 0 Å². The van der Waals surface area contributed by atoms with Crippen molar-refractivity contribution in [2.24, 2.45) is 0 Å². The highest BCUT2D eigenvalue weighted by Gasteiger charge is 2.45. The fourth-order valence-electron chi connectivity index (χ4n) is 10.0. The van der Waals surface area contributed by atoms with Gasteiger partial charge in [0.2, 0.25) is 0 Å². The fraction of sp³-hybridized carbons (Fsp3) is 0. The van der Waals surface area contributed by atoms with E-state index in [9.17, 15) is 0 Å². The van der Waals surface area contributed by atoms with Crippen LogP contribution in [0.1, 0.15) is 0 Å². The molecule has 0 aromatic heterocycles. The summed E-state index contributed by atoms with van der Waals surface area (Å²) in [6.07, 6.45) is 0. The first kappa shape index (κ1) is 37.4. The molecular weight excluding hydrogens is 775 g/mol. The maximum atomic E-state index is 7.00. The van der Waals surface area contributed by atoms with Crippen LogP contribution in [0, 0.1) is 0 Å². The molecule has 2 heterocycles. The molecule has 0 N–H and O–H groups in total. The highest BCUT2D eigenvalue weighted by atomic mass is 16.5. The van der Waals surface area contributed by atoms with Gasteiger partial charge in [-0.15, -0.1) is 0 Å². The molecule has 0 spiro atoms. The van der Waals surface area contributed by atoms with Crippen molar-refractivity contribution in [2.75, 3.05) is 9.80 Å². The van der Waals surface area contributed by atoms with E-state index in [0.29, 0.717) is 0 Å². The first-order valence-electron chi connectivity index (χ1n) is 22.0. The van der Waals surface area contributed by atoms with Crippen LogP contribution in [-0.2, 0) is 0 Å². The van der Waals surface area contributed by atoms with Crippen LogP contribution in [0.25, 0.3) is 44.5 Å². The quantitative estimate of drug-likeness (QED) is 0.142. The number of ether oxygens (including phenoxy) is 1. The first-order valence-corrected chi connectivity index (χ1v) is 22.0. The summed E-state index contributed by atoms with van der Waals surface area (Å²) in [5.41, 5.74) is 19.6. The van der Waals surface area contributed by atoms with Gasteiger partial charge in [-0.05, 0) is 62.9 Å². The Labute approximate surface area is 374 Å². The Morgan fingerprint density at radius 2 is 0.609 bits per heavy atom. The van der Waals surface area contributed by atoms with Crippen LogP contribution in [0.4, 0.5) is 34.1 Å². The van der Waals surface area contributed by atoms with E-state index in [0.717, 1.165) is 90.1 Å². The van der Waals surface area contributed by atoms with Crippen molar-refractivity contribution in [2.45, 2.75) is 0 Å². The number of benzene rings is 10. The molecule has 12 rings (SSSR count). The zero-order valence-electron chi connectivity index (χ0n) is 35.1. The van der Waals surface area contributed by atoms with Gasteiger partial charge in [0.25, 0.3) is 6.71 Å². The molecule has 2 aliphatic heterocycles. The third-order valence-corrected chi connectivity index (χ3v) is 12.7. The van der Waals surface area contributed by atoms with E-state index in [1.807, 2.05) is 30.3 Å². The monoisotopic (exact) mass is 816 g/mol. The molecule has 300 valence electrons. The summed E-state index contributed by atoms with van der Waals surface area (Å²) < 4.78 is 7.00. The van der Waals surface area contributed by atoms with Gasteiger partial charge in [-0.25, -0.2) is 0 Å². The van der Waals surface area contributed by atoms with E-state index in [1.165, 1.54) is 16.4 Å². The van der Waals surface area contributed by atoms with Crippen LogP contribution < -0.4 is 30.9 Å². The second kappa shape index (κ2) is 15.8. The van der Waals surface area contributed by atoms with Gasteiger partial charge >= 0.3 is 0 Å². The summed E-state index contributed by atoms with van der Waals surface area (Å²) in [4.78, 5) is 5.06. The lowest BCUT2D eigenvalue weighted by atomic mass is 9.33. The molecule has 4 heteroatoms. The molecule has 64 heavy (non-hydrogen) atoms. The molecule has 0 fully saturated rings. The van der Waals surface area contributed by atoms with E-state index >= 15 is 0 Å². The number of para-hydroxylation sites is 5. The maximum Gasteiger partial charge on any atom is 0.252 e. The molecule has 3 nitrogen and oxygen atoms in total. The lowest BCUT2D eigenvalue weighted by Crippen LogP contribution is -2.61. The van der Waals surface area contributed by atoms with Crippen LogP contribution >= 0.6 is 0 Å². The lowest BCUT2D eigenvalue weighted by Gasteiger charge is -2.45. The Balaban J connectivity index is 1.23. The summed E-state index contributed by atoms with van der Waals surface area (Å²) in [7, 11) is 0. The maximum absolute atomic E-state index is 7.00. The fourth-order valence-corrected chi connectivity index (χ4v) is 10.0. The van der Waals surface area contributed by atoms with Gasteiger partial charge in [0.1, 0.15) is 11.5 Å². The van der Waals surface area contributed by atoms with E-state index in [2.05, 4.69) is 228 Å². The van der Waals surface area contributed by atoms with E-state index < -0.39 is 0 Å². The smallest absolute Gasteiger partial charge is 0.252 e. The number of anilines is 6. The van der Waals surface area contributed by atoms with Crippen LogP contribution in [-0.4, -0.2) is 6.71 Å². The zero-order valence-corrected chi connectivity index (χ0v) is 35.1. The summed E-state index contributed by atoms with van der Waals surface area (Å²) in [6.45, 7) is -0.0659. The Kier molecular flexibility index (Phi) is 9.27. The molecule has 0 radical (unpaired) electrons. The summed E-state index contributed by atoms with van der Waals surface area (Å²) in [5.74, 6) is 1.53. The second-order valence-electron chi connectivity index (χ2n) is 16.4. The van der Waals surface area contributed by atoms with Crippen molar-refractivity contribution in [3.63, 3.8) is 0 Å². The van der Waals surface area contributed by atoms with Gasteiger partial charge in [-0.2, -0.15) is 0 Å². The number of rotatable bonds is 8. The summed E-state index contributed by atoms with van der Waals surface area (Å²) >= 11 is 0. The predicted molar refractivity (Wildman–Crippen MR) is 269 cm³/mol. The Morgan fingerprint density at radius 1 is 0.281 bits per heavy atom. The number of fused-ring (bicyclic) bond motifs is 4. The highest BCUT2D eigenvalue weighted by Crippen LogP contribution is 2.53. The third-order valence-electron chi connectivity index (χ3n) is 12.7. The lowest BCUT2D eigenvalue weighted by molar-refractivity contribution is 0.483. The summed E-state index contributed by atoms with van der Waals surface area (Å²) in [5, 5.41) is 0. The Morgan fingerprint density at radius 3 is 0.984 bits per heavy atom.